The first-order valence-corrected chi connectivity index (χ1v) is 6.76. The Morgan fingerprint density at radius 2 is 2.21 bits per heavy atom. The summed E-state index contributed by atoms with van der Waals surface area (Å²) in [6.07, 6.45) is 4.32. The van der Waals surface area contributed by atoms with E-state index in [2.05, 4.69) is 28.5 Å². The molecule has 1 aliphatic rings. The van der Waals surface area contributed by atoms with Crippen LogP contribution in [-0.4, -0.2) is 36.3 Å². The van der Waals surface area contributed by atoms with Gasteiger partial charge < -0.3 is 15.3 Å². The highest BCUT2D eigenvalue weighted by molar-refractivity contribution is 6.01. The minimum Gasteiger partial charge on any atom is -0.395 e. The molecule has 1 aromatic carbocycles. The first kappa shape index (κ1) is 12.2. The van der Waals surface area contributed by atoms with Gasteiger partial charge in [-0.2, -0.15) is 0 Å². The normalized spacial score (nSPS) is 14.6. The van der Waals surface area contributed by atoms with Gasteiger partial charge in [0.2, 0.25) is 0 Å². The van der Waals surface area contributed by atoms with Crippen molar-refractivity contribution in [1.29, 1.82) is 0 Å². The average molecular weight is 257 g/mol. The summed E-state index contributed by atoms with van der Waals surface area (Å²) >= 11 is 0. The number of rotatable bonds is 5. The Morgan fingerprint density at radius 3 is 2.95 bits per heavy atom. The third-order valence-electron chi connectivity index (χ3n) is 3.51. The molecule has 0 atom stereocenters. The molecule has 4 heteroatoms. The molecule has 1 aromatic heterocycles. The fourth-order valence-electron chi connectivity index (χ4n) is 2.32. The maximum atomic E-state index is 9.11. The second kappa shape index (κ2) is 5.05. The van der Waals surface area contributed by atoms with E-state index in [4.69, 9.17) is 5.11 Å². The second-order valence-electron chi connectivity index (χ2n) is 5.10. The molecular weight excluding hydrogens is 238 g/mol. The molecule has 0 aliphatic heterocycles. The molecule has 4 nitrogen and oxygen atoms in total. The van der Waals surface area contributed by atoms with Gasteiger partial charge in [-0.15, -0.1) is 0 Å². The number of fused-ring (bicyclic) bond motifs is 1. The summed E-state index contributed by atoms with van der Waals surface area (Å²) in [5.41, 5.74) is 1.15. The van der Waals surface area contributed by atoms with Crippen LogP contribution in [0.2, 0.25) is 0 Å². The molecule has 2 N–H and O–H groups in total. The number of anilines is 2. The Balaban J connectivity index is 2.08. The summed E-state index contributed by atoms with van der Waals surface area (Å²) in [5, 5.41) is 15.0. The molecule has 1 aliphatic carbocycles. The van der Waals surface area contributed by atoms with Gasteiger partial charge in [-0.1, -0.05) is 12.1 Å². The van der Waals surface area contributed by atoms with E-state index in [1.54, 1.807) is 0 Å². The smallest absolute Gasteiger partial charge is 0.138 e. The zero-order chi connectivity index (χ0) is 13.2. The first-order valence-electron chi connectivity index (χ1n) is 6.76. The van der Waals surface area contributed by atoms with Gasteiger partial charge in [0.15, 0.2) is 0 Å². The van der Waals surface area contributed by atoms with Crippen LogP contribution >= 0.6 is 0 Å². The Kier molecular flexibility index (Phi) is 3.25. The first-order chi connectivity index (χ1) is 9.29. The predicted octanol–water partition coefficient (Wildman–Crippen LogP) is 2.24. The Hall–Kier alpha value is -1.81. The van der Waals surface area contributed by atoms with Gasteiger partial charge in [-0.25, -0.2) is 4.98 Å². The topological polar surface area (TPSA) is 48.4 Å². The van der Waals surface area contributed by atoms with Crippen molar-refractivity contribution in [1.82, 2.24) is 4.98 Å². The summed E-state index contributed by atoms with van der Waals surface area (Å²) in [6.45, 7) is 0.719. The van der Waals surface area contributed by atoms with Gasteiger partial charge in [0.25, 0.3) is 0 Å². The summed E-state index contributed by atoms with van der Waals surface area (Å²) < 4.78 is 0. The van der Waals surface area contributed by atoms with Gasteiger partial charge in [0.1, 0.15) is 5.82 Å². The van der Waals surface area contributed by atoms with Crippen LogP contribution in [0.5, 0.6) is 0 Å². The fourth-order valence-corrected chi connectivity index (χ4v) is 2.32. The molecule has 100 valence electrons. The van der Waals surface area contributed by atoms with Gasteiger partial charge >= 0.3 is 0 Å². The van der Waals surface area contributed by atoms with E-state index in [-0.39, 0.29) is 6.61 Å². The van der Waals surface area contributed by atoms with Gasteiger partial charge in [0.05, 0.1) is 6.61 Å². The van der Waals surface area contributed by atoms with Crippen LogP contribution in [0.25, 0.3) is 10.8 Å². The molecular formula is C15H19N3O. The molecule has 19 heavy (non-hydrogen) atoms. The van der Waals surface area contributed by atoms with Crippen LogP contribution in [0, 0.1) is 0 Å². The number of nitrogens with zero attached hydrogens (tertiary/aromatic N) is 2. The number of nitrogens with one attached hydrogen (secondary N) is 1. The molecule has 0 radical (unpaired) electrons. The van der Waals surface area contributed by atoms with Crippen LogP contribution in [0.1, 0.15) is 12.8 Å². The molecule has 1 saturated carbocycles. The number of benzene rings is 1. The SMILES string of the molecule is CN(CCO)c1nccc2cccc(NC3CC3)c12. The Labute approximate surface area is 113 Å². The molecule has 0 amide bonds. The number of pyridine rings is 1. The maximum absolute atomic E-state index is 9.11. The van der Waals surface area contributed by atoms with Crippen molar-refractivity contribution in [3.63, 3.8) is 0 Å². The van der Waals surface area contributed by atoms with Crippen LogP contribution in [-0.2, 0) is 0 Å². The number of aromatic nitrogens is 1. The van der Waals surface area contributed by atoms with Gasteiger partial charge in [0, 0.05) is 36.9 Å². The van der Waals surface area contributed by atoms with Crippen molar-refractivity contribution in [3.8, 4) is 0 Å². The zero-order valence-corrected chi connectivity index (χ0v) is 11.1. The van der Waals surface area contributed by atoms with Crippen molar-refractivity contribution < 1.29 is 5.11 Å². The van der Waals surface area contributed by atoms with Crippen LogP contribution in [0.3, 0.4) is 0 Å². The lowest BCUT2D eigenvalue weighted by atomic mass is 10.1. The lowest BCUT2D eigenvalue weighted by Crippen LogP contribution is -2.22. The lowest BCUT2D eigenvalue weighted by molar-refractivity contribution is 0.304. The summed E-state index contributed by atoms with van der Waals surface area (Å²) in [7, 11) is 1.96. The fraction of sp³-hybridized carbons (Fsp3) is 0.400. The van der Waals surface area contributed by atoms with Crippen molar-refractivity contribution in [2.45, 2.75) is 18.9 Å². The van der Waals surface area contributed by atoms with Crippen molar-refractivity contribution in [2.24, 2.45) is 0 Å². The Bertz CT molecular complexity index is 575. The summed E-state index contributed by atoms with van der Waals surface area (Å²) in [4.78, 5) is 6.49. The Morgan fingerprint density at radius 1 is 1.37 bits per heavy atom. The highest BCUT2D eigenvalue weighted by atomic mass is 16.3. The number of aliphatic hydroxyl groups excluding tert-OH is 1. The van der Waals surface area contributed by atoms with E-state index in [0.717, 1.165) is 16.9 Å². The summed E-state index contributed by atoms with van der Waals surface area (Å²) in [5.74, 6) is 0.926. The van der Waals surface area contributed by atoms with Crippen LogP contribution < -0.4 is 10.2 Å². The predicted molar refractivity (Wildman–Crippen MR) is 78.7 cm³/mol. The third kappa shape index (κ3) is 2.49. The van der Waals surface area contributed by atoms with E-state index in [0.29, 0.717) is 12.6 Å². The van der Waals surface area contributed by atoms with Gasteiger partial charge in [-0.05, 0) is 30.4 Å². The van der Waals surface area contributed by atoms with E-state index in [1.807, 2.05) is 24.2 Å². The highest BCUT2D eigenvalue weighted by Gasteiger charge is 2.22. The number of hydrogen-bond donors (Lipinski definition) is 2. The lowest BCUT2D eigenvalue weighted by Gasteiger charge is -2.20. The van der Waals surface area contributed by atoms with E-state index in [9.17, 15) is 0 Å². The minimum absolute atomic E-state index is 0.132. The number of likely N-dealkylation sites (N-methyl/N-ethyl adjacent to an activating group) is 1. The standard InChI is InChI=1S/C15H19N3O/c1-18(9-10-19)15-14-11(7-8-16-15)3-2-4-13(14)17-12-5-6-12/h2-4,7-8,12,17,19H,5-6,9-10H2,1H3. The van der Waals surface area contributed by atoms with E-state index in [1.165, 1.54) is 18.2 Å². The maximum Gasteiger partial charge on any atom is 0.138 e. The quantitative estimate of drug-likeness (QED) is 0.862. The molecule has 1 heterocycles. The summed E-state index contributed by atoms with van der Waals surface area (Å²) in [6, 6.07) is 8.93. The number of aliphatic hydroxyl groups is 1. The molecule has 0 unspecified atom stereocenters. The molecule has 0 spiro atoms. The van der Waals surface area contributed by atoms with E-state index >= 15 is 0 Å². The monoisotopic (exact) mass is 257 g/mol. The average Bonchev–Trinajstić information content (AvgIpc) is 3.22. The third-order valence-corrected chi connectivity index (χ3v) is 3.51. The molecule has 3 rings (SSSR count). The number of hydrogen-bond acceptors (Lipinski definition) is 4. The highest BCUT2D eigenvalue weighted by Crippen LogP contribution is 2.34. The largest absolute Gasteiger partial charge is 0.395 e. The molecule has 0 saturated heterocycles. The van der Waals surface area contributed by atoms with Crippen LogP contribution in [0.15, 0.2) is 30.5 Å². The molecule has 1 fully saturated rings. The van der Waals surface area contributed by atoms with Crippen LogP contribution in [0.4, 0.5) is 11.5 Å². The molecule has 2 aromatic rings. The van der Waals surface area contributed by atoms with Gasteiger partial charge in [-0.3, -0.25) is 0 Å². The van der Waals surface area contributed by atoms with E-state index < -0.39 is 0 Å². The van der Waals surface area contributed by atoms with Crippen molar-refractivity contribution in [3.05, 3.63) is 30.5 Å². The van der Waals surface area contributed by atoms with Crippen molar-refractivity contribution in [2.75, 3.05) is 30.4 Å². The minimum atomic E-state index is 0.132. The van der Waals surface area contributed by atoms with Crippen molar-refractivity contribution >= 4 is 22.3 Å². The zero-order valence-electron chi connectivity index (χ0n) is 11.1. The second-order valence-corrected chi connectivity index (χ2v) is 5.10. The molecule has 0 bridgehead atoms.